The number of nitro benzene ring substituents is 1. The molecule has 4 nitrogen and oxygen atoms in total. The lowest BCUT2D eigenvalue weighted by molar-refractivity contribution is -0.384. The summed E-state index contributed by atoms with van der Waals surface area (Å²) in [4.78, 5) is 12.9. The van der Waals surface area contributed by atoms with Crippen molar-refractivity contribution in [2.45, 2.75) is 16.1 Å². The van der Waals surface area contributed by atoms with Crippen molar-refractivity contribution in [1.82, 2.24) is 4.57 Å². The Labute approximate surface area is 263 Å². The van der Waals surface area contributed by atoms with Crippen LogP contribution in [0.25, 0.3) is 61.8 Å². The van der Waals surface area contributed by atoms with E-state index in [1.807, 2.05) is 36.0 Å². The third kappa shape index (κ3) is 4.01. The van der Waals surface area contributed by atoms with Crippen molar-refractivity contribution in [2.24, 2.45) is 0 Å². The molecule has 1 aliphatic carbocycles. The van der Waals surface area contributed by atoms with E-state index in [0.717, 1.165) is 22.0 Å². The van der Waals surface area contributed by atoms with Crippen LogP contribution >= 0.6 is 11.8 Å². The molecule has 2 heterocycles. The maximum absolute atomic E-state index is 12.0. The van der Waals surface area contributed by atoms with Crippen LogP contribution in [0.4, 0.5) is 5.69 Å². The summed E-state index contributed by atoms with van der Waals surface area (Å²) in [6.07, 6.45) is 4.91. The zero-order chi connectivity index (χ0) is 30.1. The number of hydrogen-bond donors (Lipinski definition) is 0. The molecule has 214 valence electrons. The van der Waals surface area contributed by atoms with Crippen molar-refractivity contribution >= 4 is 51.3 Å². The summed E-state index contributed by atoms with van der Waals surface area (Å²) in [6, 6.07) is 45.7. The molecule has 5 heteroatoms. The van der Waals surface area contributed by atoms with E-state index in [1.54, 1.807) is 12.1 Å². The van der Waals surface area contributed by atoms with E-state index in [4.69, 9.17) is 0 Å². The molecule has 0 amide bonds. The Balaban J connectivity index is 1.23. The minimum absolute atomic E-state index is 0.132. The molecule has 1 aliphatic heterocycles. The van der Waals surface area contributed by atoms with Crippen LogP contribution in [0.15, 0.2) is 138 Å². The maximum Gasteiger partial charge on any atom is 0.277 e. The number of rotatable bonds is 4. The number of aromatic nitrogens is 1. The number of nitro groups is 1. The highest BCUT2D eigenvalue weighted by Gasteiger charge is 2.36. The number of benzene rings is 6. The van der Waals surface area contributed by atoms with Crippen molar-refractivity contribution in [2.75, 3.05) is 0 Å². The Bertz CT molecular complexity index is 2450. The largest absolute Gasteiger partial charge is 0.310 e. The third-order valence-electron chi connectivity index (χ3n) is 9.24. The first-order valence-corrected chi connectivity index (χ1v) is 16.0. The first-order valence-electron chi connectivity index (χ1n) is 15.1. The Morgan fingerprint density at radius 2 is 1.31 bits per heavy atom. The molecular formula is C40H26N2O2S. The quantitative estimate of drug-likeness (QED) is 0.150. The molecule has 0 radical (unpaired) electrons. The van der Waals surface area contributed by atoms with Crippen LogP contribution in [0.1, 0.15) is 11.5 Å². The van der Waals surface area contributed by atoms with Crippen LogP contribution in [-0.2, 0) is 0 Å². The lowest BCUT2D eigenvalue weighted by Gasteiger charge is -2.18. The van der Waals surface area contributed by atoms with Gasteiger partial charge in [0.15, 0.2) is 0 Å². The number of fused-ring (bicyclic) bond motifs is 8. The van der Waals surface area contributed by atoms with Crippen LogP contribution in [-0.4, -0.2) is 14.7 Å². The van der Waals surface area contributed by atoms with Gasteiger partial charge in [0.1, 0.15) is 0 Å². The molecule has 0 N–H and O–H groups in total. The summed E-state index contributed by atoms with van der Waals surface area (Å²) in [5, 5.41) is 18.1. The fraction of sp³-hybridized carbons (Fsp3) is 0.0500. The summed E-state index contributed by atoms with van der Waals surface area (Å²) < 4.78 is 2.40. The van der Waals surface area contributed by atoms with E-state index >= 15 is 0 Å². The molecule has 0 saturated carbocycles. The predicted molar refractivity (Wildman–Crippen MR) is 185 cm³/mol. The monoisotopic (exact) mass is 598 g/mol. The van der Waals surface area contributed by atoms with Gasteiger partial charge < -0.3 is 4.57 Å². The Kier molecular flexibility index (Phi) is 5.83. The lowest BCUT2D eigenvalue weighted by Crippen LogP contribution is -2.34. The van der Waals surface area contributed by atoms with Crippen molar-refractivity contribution in [3.05, 3.63) is 160 Å². The van der Waals surface area contributed by atoms with Gasteiger partial charge in [0, 0.05) is 38.4 Å². The molecule has 6 aromatic carbocycles. The minimum atomic E-state index is -0.279. The molecule has 1 aromatic heterocycles. The zero-order valence-corrected chi connectivity index (χ0v) is 24.9. The van der Waals surface area contributed by atoms with Crippen LogP contribution in [0.3, 0.4) is 0 Å². The van der Waals surface area contributed by atoms with Crippen molar-refractivity contribution in [3.63, 3.8) is 0 Å². The van der Waals surface area contributed by atoms with E-state index in [-0.39, 0.29) is 21.8 Å². The molecule has 0 saturated heterocycles. The summed E-state index contributed by atoms with van der Waals surface area (Å²) >= 11 is 1.87. The van der Waals surface area contributed by atoms with Gasteiger partial charge in [0.05, 0.1) is 21.4 Å². The summed E-state index contributed by atoms with van der Waals surface area (Å²) in [7, 11) is 0. The van der Waals surface area contributed by atoms with Gasteiger partial charge in [-0.05, 0) is 69.4 Å². The van der Waals surface area contributed by atoms with Gasteiger partial charge in [-0.2, -0.15) is 0 Å². The Hall–Kier alpha value is -5.39. The van der Waals surface area contributed by atoms with Crippen LogP contribution < -0.4 is 10.6 Å². The second-order valence-electron chi connectivity index (χ2n) is 11.7. The highest BCUT2D eigenvalue weighted by molar-refractivity contribution is 8.00. The summed E-state index contributed by atoms with van der Waals surface area (Å²) in [5.41, 5.74) is 7.76. The second kappa shape index (κ2) is 10.1. The first kappa shape index (κ1) is 26.1. The molecule has 0 fully saturated rings. The first-order chi connectivity index (χ1) is 22.2. The Morgan fingerprint density at radius 3 is 2.11 bits per heavy atom. The van der Waals surface area contributed by atoms with E-state index in [2.05, 4.69) is 114 Å². The average molecular weight is 599 g/mol. The molecule has 9 rings (SSSR count). The lowest BCUT2D eigenvalue weighted by atomic mass is 9.85. The molecule has 0 bridgehead atoms. The Morgan fingerprint density at radius 1 is 0.644 bits per heavy atom. The SMILES string of the molecule is O=[N+]([O-])c1ccccc1-c1cc2c(c3ccccc13)C1C=c3c(n(-c4ccc(-c5ccccc5)cc4)c4ccccc34)=CC1S2. The predicted octanol–water partition coefficient (Wildman–Crippen LogP) is 8.86. The fourth-order valence-electron chi connectivity index (χ4n) is 7.27. The zero-order valence-electron chi connectivity index (χ0n) is 24.1. The standard InChI is InChI=1S/C40H26N2O2S/c43-42(44)36-17-9-7-13-29(36)32-23-39-40(31-15-5-4-12-28(31)32)34-22-33-30-14-6-8-16-35(30)41(37(33)24-38(34)45-39)27-20-18-26(19-21-27)25-10-2-1-3-11-25/h1-24,34,38H. The van der Waals surface area contributed by atoms with E-state index in [9.17, 15) is 10.1 Å². The average Bonchev–Trinajstić information content (AvgIpc) is 3.62. The molecule has 0 spiro atoms. The molecule has 2 atom stereocenters. The number of nitrogens with zero attached hydrogens (tertiary/aromatic N) is 2. The fourth-order valence-corrected chi connectivity index (χ4v) is 8.68. The van der Waals surface area contributed by atoms with Crippen LogP contribution in [0.2, 0.25) is 0 Å². The molecular weight excluding hydrogens is 573 g/mol. The summed E-state index contributed by atoms with van der Waals surface area (Å²) in [5.74, 6) is 0.196. The van der Waals surface area contributed by atoms with Gasteiger partial charge in [-0.25, -0.2) is 0 Å². The number of thioether (sulfide) groups is 1. The van der Waals surface area contributed by atoms with Crippen molar-refractivity contribution in [3.8, 4) is 27.9 Å². The van der Waals surface area contributed by atoms with Crippen LogP contribution in [0, 0.1) is 10.1 Å². The number of hydrogen-bond acceptors (Lipinski definition) is 3. The van der Waals surface area contributed by atoms with Gasteiger partial charge in [-0.1, -0.05) is 103 Å². The van der Waals surface area contributed by atoms with Gasteiger partial charge in [-0.3, -0.25) is 10.1 Å². The third-order valence-corrected chi connectivity index (χ3v) is 10.5. The van der Waals surface area contributed by atoms with Crippen LogP contribution in [0.5, 0.6) is 0 Å². The van der Waals surface area contributed by atoms with Crippen molar-refractivity contribution in [1.29, 1.82) is 0 Å². The molecule has 2 unspecified atom stereocenters. The highest BCUT2D eigenvalue weighted by atomic mass is 32.2. The van der Waals surface area contributed by atoms with E-state index < -0.39 is 0 Å². The highest BCUT2D eigenvalue weighted by Crippen LogP contribution is 2.53. The topological polar surface area (TPSA) is 48.1 Å². The summed E-state index contributed by atoms with van der Waals surface area (Å²) in [6.45, 7) is 0. The van der Waals surface area contributed by atoms with Gasteiger partial charge >= 0.3 is 0 Å². The molecule has 7 aromatic rings. The maximum atomic E-state index is 12.0. The number of para-hydroxylation sites is 2. The normalized spacial score (nSPS) is 16.4. The van der Waals surface area contributed by atoms with Gasteiger partial charge in [0.25, 0.3) is 5.69 Å². The molecule has 45 heavy (non-hydrogen) atoms. The second-order valence-corrected chi connectivity index (χ2v) is 12.9. The minimum Gasteiger partial charge on any atom is -0.310 e. The molecule has 2 aliphatic rings. The van der Waals surface area contributed by atoms with Gasteiger partial charge in [0.2, 0.25) is 0 Å². The van der Waals surface area contributed by atoms with Crippen molar-refractivity contribution < 1.29 is 4.92 Å². The van der Waals surface area contributed by atoms with E-state index in [0.29, 0.717) is 5.56 Å². The van der Waals surface area contributed by atoms with Gasteiger partial charge in [-0.15, -0.1) is 11.8 Å². The van der Waals surface area contributed by atoms with E-state index in [1.165, 1.54) is 43.1 Å². The smallest absolute Gasteiger partial charge is 0.277 e.